The Balaban J connectivity index is 1.27. The number of para-hydroxylation sites is 2. The zero-order valence-electron chi connectivity index (χ0n) is 19.8. The molecule has 4 aromatic rings. The maximum atomic E-state index is 13.7. The molecule has 1 amide bonds. The summed E-state index contributed by atoms with van der Waals surface area (Å²) in [5.41, 5.74) is 1.85. The van der Waals surface area contributed by atoms with Crippen molar-refractivity contribution in [3.05, 3.63) is 77.4 Å². The van der Waals surface area contributed by atoms with E-state index in [4.69, 9.17) is 9.41 Å². The minimum absolute atomic E-state index is 0.0187. The van der Waals surface area contributed by atoms with Gasteiger partial charge in [-0.25, -0.2) is 9.98 Å². The number of carbonyl (C=O) groups is 1. The van der Waals surface area contributed by atoms with Gasteiger partial charge in [0.05, 0.1) is 20.8 Å². The third kappa shape index (κ3) is 4.90. The van der Waals surface area contributed by atoms with Crippen LogP contribution in [0.4, 0.5) is 5.69 Å². The fourth-order valence-electron chi connectivity index (χ4n) is 4.73. The Morgan fingerprint density at radius 3 is 2.69 bits per heavy atom. The quantitative estimate of drug-likeness (QED) is 0.243. The molecule has 6 rings (SSSR count). The minimum Gasteiger partial charge on any atom is -0.450 e. The van der Waals surface area contributed by atoms with Gasteiger partial charge in [-0.2, -0.15) is 0 Å². The lowest BCUT2D eigenvalue weighted by Gasteiger charge is -2.35. The number of thioether (sulfide) groups is 1. The summed E-state index contributed by atoms with van der Waals surface area (Å²) in [6.45, 7) is 2.25. The number of benzene rings is 2. The fraction of sp³-hybridized carbons (Fsp3) is 0.250. The van der Waals surface area contributed by atoms with Crippen LogP contribution in [0, 0.1) is 5.92 Å². The van der Waals surface area contributed by atoms with Gasteiger partial charge in [-0.15, -0.1) is 11.3 Å². The van der Waals surface area contributed by atoms with E-state index in [9.17, 15) is 4.79 Å². The highest BCUT2D eigenvalue weighted by atomic mass is 32.2. The van der Waals surface area contributed by atoms with Crippen molar-refractivity contribution in [1.29, 1.82) is 0 Å². The lowest BCUT2D eigenvalue weighted by atomic mass is 9.85. The molecule has 2 fully saturated rings. The average Bonchev–Trinajstić information content (AvgIpc) is 3.58. The van der Waals surface area contributed by atoms with Gasteiger partial charge in [-0.3, -0.25) is 9.69 Å². The number of thiazole rings is 1. The van der Waals surface area contributed by atoms with Crippen molar-refractivity contribution in [2.75, 3.05) is 0 Å². The summed E-state index contributed by atoms with van der Waals surface area (Å²) in [5.74, 6) is 1.13. The molecular formula is C28H25N3O2S3. The van der Waals surface area contributed by atoms with Crippen molar-refractivity contribution < 1.29 is 9.21 Å². The van der Waals surface area contributed by atoms with Crippen LogP contribution >= 0.6 is 34.9 Å². The molecule has 182 valence electrons. The van der Waals surface area contributed by atoms with Gasteiger partial charge in [0, 0.05) is 12.1 Å². The van der Waals surface area contributed by atoms with Crippen LogP contribution in [0.2, 0.25) is 0 Å². The van der Waals surface area contributed by atoms with Gasteiger partial charge in [-0.05, 0) is 78.7 Å². The summed E-state index contributed by atoms with van der Waals surface area (Å²) in [4.78, 5) is 25.8. The number of hydrogen-bond donors (Lipinski definition) is 0. The Labute approximate surface area is 222 Å². The van der Waals surface area contributed by atoms with Crippen molar-refractivity contribution in [3.63, 3.8) is 0 Å². The number of amides is 1. The first-order valence-electron chi connectivity index (χ1n) is 12.1. The number of rotatable bonds is 5. The molecule has 0 unspecified atom stereocenters. The highest BCUT2D eigenvalue weighted by Gasteiger charge is 2.41. The first kappa shape index (κ1) is 23.6. The number of nitrogens with zero attached hydrogens (tertiary/aromatic N) is 3. The largest absolute Gasteiger partial charge is 0.450 e. The molecule has 1 aliphatic carbocycles. The van der Waals surface area contributed by atoms with Gasteiger partial charge >= 0.3 is 0 Å². The van der Waals surface area contributed by atoms with Crippen molar-refractivity contribution in [2.45, 2.75) is 48.1 Å². The second-order valence-electron chi connectivity index (χ2n) is 9.05. The van der Waals surface area contributed by atoms with Gasteiger partial charge in [0.1, 0.15) is 5.76 Å². The predicted molar refractivity (Wildman–Crippen MR) is 150 cm³/mol. The summed E-state index contributed by atoms with van der Waals surface area (Å²) >= 11 is 4.59. The Kier molecular flexibility index (Phi) is 6.73. The summed E-state index contributed by atoms with van der Waals surface area (Å²) in [7, 11) is 0. The van der Waals surface area contributed by atoms with Crippen LogP contribution in [0.25, 0.3) is 16.3 Å². The first-order chi connectivity index (χ1) is 17.6. The van der Waals surface area contributed by atoms with Crippen LogP contribution in [0.1, 0.15) is 38.4 Å². The van der Waals surface area contributed by atoms with Crippen molar-refractivity contribution in [1.82, 2.24) is 9.88 Å². The highest BCUT2D eigenvalue weighted by molar-refractivity contribution is 8.18. The van der Waals surface area contributed by atoms with Gasteiger partial charge in [-0.1, -0.05) is 50.1 Å². The third-order valence-electron chi connectivity index (χ3n) is 6.55. The number of furan rings is 1. The number of fused-ring (bicyclic) bond motifs is 1. The van der Waals surface area contributed by atoms with E-state index >= 15 is 0 Å². The molecule has 0 bridgehead atoms. The fourth-order valence-corrected chi connectivity index (χ4v) is 7.72. The highest BCUT2D eigenvalue weighted by Crippen LogP contribution is 2.41. The van der Waals surface area contributed by atoms with E-state index in [1.54, 1.807) is 11.3 Å². The third-order valence-corrected chi connectivity index (χ3v) is 9.55. The number of amidine groups is 1. The Hall–Kier alpha value is -2.81. The SMILES string of the molecule is C[C@H]1CCCC[C@@H]1N1C(=O)/C(=C/c2ccc(Sc3nc4ccccc4s3)o2)SC1=Nc1ccccc1. The molecule has 36 heavy (non-hydrogen) atoms. The molecule has 0 N–H and O–H groups in total. The van der Waals surface area contributed by atoms with E-state index in [0.29, 0.717) is 16.6 Å². The van der Waals surface area contributed by atoms with Crippen LogP contribution < -0.4 is 0 Å². The molecule has 1 saturated heterocycles. The molecule has 2 aromatic heterocycles. The maximum absolute atomic E-state index is 13.7. The molecule has 2 aromatic carbocycles. The van der Waals surface area contributed by atoms with E-state index in [1.165, 1.54) is 29.9 Å². The molecule has 8 heteroatoms. The smallest absolute Gasteiger partial charge is 0.267 e. The molecule has 0 spiro atoms. The van der Waals surface area contributed by atoms with Gasteiger partial charge in [0.25, 0.3) is 5.91 Å². The normalized spacial score (nSPS) is 22.8. The lowest BCUT2D eigenvalue weighted by Crippen LogP contribution is -2.44. The molecule has 2 aliphatic rings. The van der Waals surface area contributed by atoms with Crippen LogP contribution in [0.5, 0.6) is 0 Å². The molecule has 5 nitrogen and oxygen atoms in total. The van der Waals surface area contributed by atoms with Crippen molar-refractivity contribution in [2.24, 2.45) is 10.9 Å². The van der Waals surface area contributed by atoms with Crippen LogP contribution in [-0.2, 0) is 4.79 Å². The second-order valence-corrected chi connectivity index (χ2v) is 12.3. The summed E-state index contributed by atoms with van der Waals surface area (Å²) < 4.78 is 8.17. The Bertz CT molecular complexity index is 1420. The molecule has 3 heterocycles. The number of aliphatic imine (C=N–C) groups is 1. The van der Waals surface area contributed by atoms with Gasteiger partial charge < -0.3 is 4.42 Å². The molecule has 1 aliphatic heterocycles. The number of carbonyl (C=O) groups excluding carboxylic acids is 1. The summed E-state index contributed by atoms with van der Waals surface area (Å²) in [5, 5.41) is 1.51. The lowest BCUT2D eigenvalue weighted by molar-refractivity contribution is -0.124. The van der Waals surface area contributed by atoms with E-state index in [-0.39, 0.29) is 11.9 Å². The summed E-state index contributed by atoms with van der Waals surface area (Å²) in [6, 6.07) is 22.0. The average molecular weight is 532 g/mol. The zero-order valence-corrected chi connectivity index (χ0v) is 22.2. The topological polar surface area (TPSA) is 58.7 Å². The minimum atomic E-state index is 0.0187. The molecule has 1 saturated carbocycles. The standard InChI is InChI=1S/C28H25N3O2S3/c1-18-9-5-7-13-22(18)31-26(32)24(34-27(31)29-19-10-3-2-4-11-19)17-20-15-16-25(33-20)36-28-30-21-12-6-8-14-23(21)35-28/h2-4,6,8,10-12,14-18,22H,5,7,9,13H2,1H3/b24-17-,29-27?/t18-,22-/m0/s1. The van der Waals surface area contributed by atoms with Crippen LogP contribution in [0.15, 0.2) is 90.5 Å². The predicted octanol–water partition coefficient (Wildman–Crippen LogP) is 8.22. The van der Waals surface area contributed by atoms with Crippen molar-refractivity contribution in [3.8, 4) is 0 Å². The van der Waals surface area contributed by atoms with Gasteiger partial charge in [0.2, 0.25) is 0 Å². The molecule has 0 radical (unpaired) electrons. The molecule has 2 atom stereocenters. The second kappa shape index (κ2) is 10.3. The van der Waals surface area contributed by atoms with Crippen LogP contribution in [-0.4, -0.2) is 27.0 Å². The monoisotopic (exact) mass is 531 g/mol. The van der Waals surface area contributed by atoms with E-state index in [0.717, 1.165) is 49.8 Å². The Morgan fingerprint density at radius 1 is 1.06 bits per heavy atom. The number of aromatic nitrogens is 1. The van der Waals surface area contributed by atoms with Crippen LogP contribution in [0.3, 0.4) is 0 Å². The summed E-state index contributed by atoms with van der Waals surface area (Å²) in [6.07, 6.45) is 6.37. The Morgan fingerprint density at radius 2 is 1.86 bits per heavy atom. The van der Waals surface area contributed by atoms with Crippen molar-refractivity contribution >= 4 is 67.9 Å². The zero-order chi connectivity index (χ0) is 24.5. The number of hydrogen-bond acceptors (Lipinski definition) is 7. The van der Waals surface area contributed by atoms with E-state index in [2.05, 4.69) is 18.0 Å². The first-order valence-corrected chi connectivity index (χ1v) is 14.6. The van der Waals surface area contributed by atoms with E-state index < -0.39 is 0 Å². The van der Waals surface area contributed by atoms with E-state index in [1.807, 2.05) is 71.6 Å². The maximum Gasteiger partial charge on any atom is 0.267 e. The van der Waals surface area contributed by atoms with Gasteiger partial charge in [0.15, 0.2) is 14.6 Å². The molecular weight excluding hydrogens is 507 g/mol.